The Kier molecular flexibility index (Phi) is 5.36. The van der Waals surface area contributed by atoms with Crippen molar-refractivity contribution >= 4 is 18.3 Å². The maximum Gasteiger partial charge on any atom is 0.261 e. The number of nitrogens with two attached hydrogens (primary N) is 1. The molecule has 5 nitrogen and oxygen atoms in total. The number of carbonyl (C=O) groups is 1. The third-order valence-corrected chi connectivity index (χ3v) is 3.29. The molecule has 0 aromatic carbocycles. The zero-order valence-corrected chi connectivity index (χ0v) is 12.7. The van der Waals surface area contributed by atoms with Gasteiger partial charge in [-0.3, -0.25) is 9.59 Å². The molecule has 1 heterocycles. The lowest BCUT2D eigenvalue weighted by molar-refractivity contribution is 0.0944. The number of H-pyrrole nitrogens is 1. The van der Waals surface area contributed by atoms with Crippen LogP contribution in [-0.2, 0) is 12.8 Å². The molecular formula is C14H22ClN3O2. The highest BCUT2D eigenvalue weighted by Crippen LogP contribution is 2.18. The minimum absolute atomic E-state index is 0. The van der Waals surface area contributed by atoms with Gasteiger partial charge in [0.05, 0.1) is 0 Å². The number of carbonyl (C=O) groups excluding carboxylic acids is 1. The molecule has 0 bridgehead atoms. The first-order valence-corrected chi connectivity index (χ1v) is 6.69. The number of hydrogen-bond donors (Lipinski definition) is 3. The number of pyridine rings is 1. The molecule has 1 amide bonds. The average molecular weight is 300 g/mol. The van der Waals surface area contributed by atoms with E-state index in [0.29, 0.717) is 6.54 Å². The molecule has 0 spiro atoms. The van der Waals surface area contributed by atoms with E-state index in [1.807, 2.05) is 13.8 Å². The summed E-state index contributed by atoms with van der Waals surface area (Å²) in [4.78, 5) is 26.7. The van der Waals surface area contributed by atoms with Gasteiger partial charge < -0.3 is 16.0 Å². The first-order valence-electron chi connectivity index (χ1n) is 6.69. The van der Waals surface area contributed by atoms with Gasteiger partial charge in [0.1, 0.15) is 5.56 Å². The molecule has 0 aliphatic heterocycles. The van der Waals surface area contributed by atoms with Crippen LogP contribution in [-0.4, -0.2) is 23.0 Å². The number of fused-ring (bicyclic) bond motifs is 1. The first kappa shape index (κ1) is 16.7. The van der Waals surface area contributed by atoms with Crippen LogP contribution in [0.3, 0.4) is 0 Å². The van der Waals surface area contributed by atoms with Gasteiger partial charge in [-0.05, 0) is 51.2 Å². The lowest BCUT2D eigenvalue weighted by Crippen LogP contribution is -2.46. The van der Waals surface area contributed by atoms with Gasteiger partial charge in [0.2, 0.25) is 0 Å². The molecule has 0 radical (unpaired) electrons. The highest BCUT2D eigenvalue weighted by molar-refractivity contribution is 5.94. The van der Waals surface area contributed by atoms with E-state index in [0.717, 1.165) is 36.9 Å². The minimum atomic E-state index is -0.489. The molecule has 0 fully saturated rings. The summed E-state index contributed by atoms with van der Waals surface area (Å²) in [5, 5.41) is 2.70. The maximum atomic E-state index is 12.0. The van der Waals surface area contributed by atoms with Crippen LogP contribution in [0.4, 0.5) is 0 Å². The summed E-state index contributed by atoms with van der Waals surface area (Å²) >= 11 is 0. The van der Waals surface area contributed by atoms with Crippen molar-refractivity contribution in [3.05, 3.63) is 33.2 Å². The largest absolute Gasteiger partial charge is 0.350 e. The van der Waals surface area contributed by atoms with Gasteiger partial charge in [-0.2, -0.15) is 0 Å². The Balaban J connectivity index is 0.00000200. The van der Waals surface area contributed by atoms with E-state index in [1.54, 1.807) is 6.07 Å². The number of amides is 1. The number of halogens is 1. The molecule has 1 aliphatic rings. The Bertz CT molecular complexity index is 546. The van der Waals surface area contributed by atoms with Gasteiger partial charge in [-0.25, -0.2) is 0 Å². The highest BCUT2D eigenvalue weighted by Gasteiger charge is 2.18. The summed E-state index contributed by atoms with van der Waals surface area (Å²) in [6.07, 6.45) is 4.02. The molecule has 112 valence electrons. The van der Waals surface area contributed by atoms with Crippen LogP contribution in [0.5, 0.6) is 0 Å². The second-order valence-electron chi connectivity index (χ2n) is 5.89. The van der Waals surface area contributed by atoms with Crippen molar-refractivity contribution in [1.82, 2.24) is 10.3 Å². The van der Waals surface area contributed by atoms with Gasteiger partial charge in [0.15, 0.2) is 0 Å². The predicted molar refractivity (Wildman–Crippen MR) is 81.6 cm³/mol. The third-order valence-electron chi connectivity index (χ3n) is 3.29. The first-order chi connectivity index (χ1) is 8.87. The standard InChI is InChI=1S/C14H21N3O2.ClH/c1-14(2,15)8-16-12(18)10-7-9-5-3-4-6-11(9)17-13(10)19;/h7H,3-6,8,15H2,1-2H3,(H,16,18)(H,17,19);1H. The molecule has 1 aromatic rings. The smallest absolute Gasteiger partial charge is 0.261 e. The van der Waals surface area contributed by atoms with Crippen molar-refractivity contribution in [2.24, 2.45) is 5.73 Å². The summed E-state index contributed by atoms with van der Waals surface area (Å²) in [7, 11) is 0. The van der Waals surface area contributed by atoms with Gasteiger partial charge in [0, 0.05) is 17.8 Å². The van der Waals surface area contributed by atoms with Crippen molar-refractivity contribution in [3.8, 4) is 0 Å². The van der Waals surface area contributed by atoms with Gasteiger partial charge in [-0.1, -0.05) is 0 Å². The number of rotatable bonds is 3. The van der Waals surface area contributed by atoms with Crippen LogP contribution in [0.25, 0.3) is 0 Å². The Morgan fingerprint density at radius 1 is 1.40 bits per heavy atom. The van der Waals surface area contributed by atoms with Crippen molar-refractivity contribution < 1.29 is 4.79 Å². The zero-order chi connectivity index (χ0) is 14.0. The Morgan fingerprint density at radius 3 is 2.70 bits per heavy atom. The van der Waals surface area contributed by atoms with Crippen LogP contribution in [0, 0.1) is 0 Å². The SMILES string of the molecule is CC(C)(N)CNC(=O)c1cc2c([nH]c1=O)CCCC2.Cl. The van der Waals surface area contributed by atoms with Crippen LogP contribution in [0.1, 0.15) is 48.3 Å². The summed E-state index contributed by atoms with van der Waals surface area (Å²) < 4.78 is 0. The number of nitrogens with one attached hydrogen (secondary N) is 2. The lowest BCUT2D eigenvalue weighted by Gasteiger charge is -2.19. The number of hydrogen-bond acceptors (Lipinski definition) is 3. The quantitative estimate of drug-likeness (QED) is 0.782. The second-order valence-corrected chi connectivity index (χ2v) is 5.89. The van der Waals surface area contributed by atoms with E-state index in [-0.39, 0.29) is 29.4 Å². The van der Waals surface area contributed by atoms with Gasteiger partial charge >= 0.3 is 0 Å². The summed E-state index contributed by atoms with van der Waals surface area (Å²) in [5.41, 5.74) is 7.26. The van der Waals surface area contributed by atoms with Crippen molar-refractivity contribution in [2.45, 2.75) is 45.1 Å². The number of aromatic nitrogens is 1. The molecule has 2 rings (SSSR count). The van der Waals surface area contributed by atoms with Crippen LogP contribution in [0.2, 0.25) is 0 Å². The molecule has 0 atom stereocenters. The van der Waals surface area contributed by atoms with Crippen molar-refractivity contribution in [3.63, 3.8) is 0 Å². The van der Waals surface area contributed by atoms with E-state index in [9.17, 15) is 9.59 Å². The Morgan fingerprint density at radius 2 is 2.05 bits per heavy atom. The summed E-state index contributed by atoms with van der Waals surface area (Å²) in [5.74, 6) is -0.354. The van der Waals surface area contributed by atoms with Crippen LogP contribution in [0.15, 0.2) is 10.9 Å². The Labute approximate surface area is 124 Å². The van der Waals surface area contributed by atoms with Crippen LogP contribution >= 0.6 is 12.4 Å². The highest BCUT2D eigenvalue weighted by atomic mass is 35.5. The van der Waals surface area contributed by atoms with E-state index in [2.05, 4.69) is 10.3 Å². The van der Waals surface area contributed by atoms with Crippen molar-refractivity contribution in [2.75, 3.05) is 6.54 Å². The van der Waals surface area contributed by atoms with Crippen molar-refractivity contribution in [1.29, 1.82) is 0 Å². The molecule has 6 heteroatoms. The molecule has 0 saturated heterocycles. The van der Waals surface area contributed by atoms with E-state index >= 15 is 0 Å². The van der Waals surface area contributed by atoms with E-state index in [1.165, 1.54) is 0 Å². The fraction of sp³-hybridized carbons (Fsp3) is 0.571. The third kappa shape index (κ3) is 4.08. The molecule has 1 aromatic heterocycles. The van der Waals surface area contributed by atoms with Gasteiger partial charge in [-0.15, -0.1) is 12.4 Å². The number of aryl methyl sites for hydroxylation is 2. The molecular weight excluding hydrogens is 278 g/mol. The predicted octanol–water partition coefficient (Wildman–Crippen LogP) is 1.14. The monoisotopic (exact) mass is 299 g/mol. The van der Waals surface area contributed by atoms with E-state index < -0.39 is 5.54 Å². The van der Waals surface area contributed by atoms with Gasteiger partial charge in [0.25, 0.3) is 11.5 Å². The van der Waals surface area contributed by atoms with E-state index in [4.69, 9.17) is 5.73 Å². The summed E-state index contributed by atoms with van der Waals surface area (Å²) in [6.45, 7) is 3.98. The zero-order valence-electron chi connectivity index (χ0n) is 11.9. The molecule has 0 saturated carbocycles. The lowest BCUT2D eigenvalue weighted by atomic mass is 9.95. The average Bonchev–Trinajstić information content (AvgIpc) is 2.34. The minimum Gasteiger partial charge on any atom is -0.350 e. The molecule has 20 heavy (non-hydrogen) atoms. The fourth-order valence-corrected chi connectivity index (χ4v) is 2.25. The van der Waals surface area contributed by atoms with Crippen LogP contribution < -0.4 is 16.6 Å². The Hall–Kier alpha value is -1.33. The molecule has 4 N–H and O–H groups in total. The maximum absolute atomic E-state index is 12.0. The normalized spacial score (nSPS) is 14.2. The topological polar surface area (TPSA) is 88.0 Å². The molecule has 0 unspecified atom stereocenters. The molecule has 1 aliphatic carbocycles. The second kappa shape index (κ2) is 6.41. The fourth-order valence-electron chi connectivity index (χ4n) is 2.25. The number of aromatic amines is 1. The summed E-state index contributed by atoms with van der Waals surface area (Å²) in [6, 6.07) is 1.73.